The summed E-state index contributed by atoms with van der Waals surface area (Å²) in [6, 6.07) is 39.6. The topological polar surface area (TPSA) is 116 Å². The van der Waals surface area contributed by atoms with Crippen molar-refractivity contribution >= 4 is 91.7 Å². The SMILES string of the molecule is O=C(Nc1cccc(Cl)c1)c1ccc2nc(-c3cccc(Cl)c3)[nH]c2c1.O=C(Nc1cccc(Cl)c1)c1ccc2nc(-c3ccccc3Cl)[nH]c2c1. The first-order chi connectivity index (χ1) is 25.2. The minimum Gasteiger partial charge on any atom is -0.338 e. The molecule has 2 heterocycles. The zero-order valence-electron chi connectivity index (χ0n) is 26.9. The number of carbonyl (C=O) groups is 2. The Labute approximate surface area is 317 Å². The van der Waals surface area contributed by atoms with Gasteiger partial charge >= 0.3 is 0 Å². The molecule has 6 aromatic carbocycles. The fourth-order valence-corrected chi connectivity index (χ4v) is 6.19. The van der Waals surface area contributed by atoms with Gasteiger partial charge in [-0.1, -0.05) is 82.8 Å². The molecule has 4 N–H and O–H groups in total. The highest BCUT2D eigenvalue weighted by atomic mass is 35.5. The molecule has 256 valence electrons. The second kappa shape index (κ2) is 15.3. The summed E-state index contributed by atoms with van der Waals surface area (Å²) in [5.74, 6) is 0.934. The largest absolute Gasteiger partial charge is 0.338 e. The van der Waals surface area contributed by atoms with Gasteiger partial charge in [0.25, 0.3) is 11.8 Å². The van der Waals surface area contributed by atoms with Gasteiger partial charge < -0.3 is 20.6 Å². The van der Waals surface area contributed by atoms with Gasteiger partial charge in [-0.3, -0.25) is 9.59 Å². The Morgan fingerprint density at radius 3 is 1.54 bits per heavy atom. The molecule has 8 aromatic rings. The maximum absolute atomic E-state index is 12.5. The molecule has 0 aliphatic carbocycles. The fourth-order valence-electron chi connectivity index (χ4n) is 5.39. The van der Waals surface area contributed by atoms with E-state index in [9.17, 15) is 9.59 Å². The first-order valence-electron chi connectivity index (χ1n) is 15.8. The van der Waals surface area contributed by atoms with Crippen molar-refractivity contribution in [1.29, 1.82) is 0 Å². The lowest BCUT2D eigenvalue weighted by molar-refractivity contribution is 0.101. The third-order valence-corrected chi connectivity index (χ3v) is 8.92. The Bertz CT molecular complexity index is 2600. The number of hydrogen-bond acceptors (Lipinski definition) is 4. The Morgan fingerprint density at radius 2 is 1.00 bits per heavy atom. The zero-order valence-corrected chi connectivity index (χ0v) is 29.9. The molecular weight excluding hydrogens is 738 g/mol. The van der Waals surface area contributed by atoms with Crippen molar-refractivity contribution < 1.29 is 9.59 Å². The van der Waals surface area contributed by atoms with Gasteiger partial charge in [-0.25, -0.2) is 9.97 Å². The maximum Gasteiger partial charge on any atom is 0.255 e. The van der Waals surface area contributed by atoms with Crippen molar-refractivity contribution in [3.05, 3.63) is 165 Å². The molecule has 8 rings (SSSR count). The zero-order chi connectivity index (χ0) is 36.2. The molecule has 52 heavy (non-hydrogen) atoms. The van der Waals surface area contributed by atoms with Crippen LogP contribution in [0.25, 0.3) is 44.8 Å². The minimum absolute atomic E-state index is 0.215. The lowest BCUT2D eigenvalue weighted by Gasteiger charge is -2.05. The standard InChI is InChI=1S/2C20H13Cl2N3O/c21-14-4-1-3-12(9-14)19-24-17-8-7-13(10-18(17)25-19)20(26)23-16-6-2-5-15(22)11-16;21-13-4-3-5-14(11-13)23-20(26)12-8-9-17-18(10-12)25-19(24-17)15-6-1-2-7-16(15)22/h2*1-11H,(H,23,26)(H,24,25). The molecular formula is C40H26Cl4N6O2. The van der Waals surface area contributed by atoms with E-state index >= 15 is 0 Å². The number of anilines is 2. The van der Waals surface area contributed by atoms with E-state index in [-0.39, 0.29) is 11.8 Å². The number of amides is 2. The molecule has 0 bridgehead atoms. The molecule has 2 amide bonds. The van der Waals surface area contributed by atoms with Crippen molar-refractivity contribution in [2.45, 2.75) is 0 Å². The predicted molar refractivity (Wildman–Crippen MR) is 212 cm³/mol. The number of H-pyrrole nitrogens is 2. The molecule has 0 aliphatic heterocycles. The molecule has 2 aromatic heterocycles. The van der Waals surface area contributed by atoms with E-state index in [1.54, 1.807) is 78.9 Å². The molecule has 0 unspecified atom stereocenters. The number of benzene rings is 6. The average molecular weight is 764 g/mol. The van der Waals surface area contributed by atoms with Gasteiger partial charge in [-0.15, -0.1) is 0 Å². The van der Waals surface area contributed by atoms with Crippen LogP contribution in [0.3, 0.4) is 0 Å². The van der Waals surface area contributed by atoms with Crippen LogP contribution < -0.4 is 10.6 Å². The summed E-state index contributed by atoms with van der Waals surface area (Å²) in [7, 11) is 0. The van der Waals surface area contributed by atoms with Crippen LogP contribution in [0, 0.1) is 0 Å². The predicted octanol–water partition coefficient (Wildman–Crippen LogP) is 11.6. The quantitative estimate of drug-likeness (QED) is 0.135. The Balaban J connectivity index is 0.000000162. The van der Waals surface area contributed by atoms with Crippen molar-refractivity contribution in [2.24, 2.45) is 0 Å². The van der Waals surface area contributed by atoms with E-state index in [4.69, 9.17) is 46.4 Å². The summed E-state index contributed by atoms with van der Waals surface area (Å²) in [6.45, 7) is 0. The molecule has 0 aliphatic rings. The van der Waals surface area contributed by atoms with Crippen LogP contribution in [0.15, 0.2) is 133 Å². The van der Waals surface area contributed by atoms with Gasteiger partial charge in [0.15, 0.2) is 0 Å². The molecule has 8 nitrogen and oxygen atoms in total. The van der Waals surface area contributed by atoms with Crippen LogP contribution >= 0.6 is 46.4 Å². The molecule has 0 saturated carbocycles. The third-order valence-electron chi connectivity index (χ3n) is 7.88. The summed E-state index contributed by atoms with van der Waals surface area (Å²) in [5, 5.41) is 8.06. The monoisotopic (exact) mass is 762 g/mol. The second-order valence-corrected chi connectivity index (χ2v) is 13.3. The van der Waals surface area contributed by atoms with Crippen molar-refractivity contribution in [2.75, 3.05) is 10.6 Å². The number of hydrogen-bond donors (Lipinski definition) is 4. The van der Waals surface area contributed by atoms with E-state index in [1.807, 2.05) is 54.6 Å². The van der Waals surface area contributed by atoms with E-state index in [0.29, 0.717) is 54.2 Å². The molecule has 0 saturated heterocycles. The van der Waals surface area contributed by atoms with Gasteiger partial charge in [0.2, 0.25) is 0 Å². The number of aromatic amines is 2. The van der Waals surface area contributed by atoms with Gasteiger partial charge in [0.1, 0.15) is 11.6 Å². The van der Waals surface area contributed by atoms with E-state index in [0.717, 1.165) is 33.2 Å². The van der Waals surface area contributed by atoms with Gasteiger partial charge in [0.05, 0.1) is 27.1 Å². The summed E-state index contributed by atoms with van der Waals surface area (Å²) in [5.41, 5.74) is 7.12. The lowest BCUT2D eigenvalue weighted by Crippen LogP contribution is -2.11. The Hall–Kier alpha value is -5.64. The smallest absolute Gasteiger partial charge is 0.255 e. The van der Waals surface area contributed by atoms with E-state index < -0.39 is 0 Å². The third kappa shape index (κ3) is 8.12. The van der Waals surface area contributed by atoms with Crippen LogP contribution in [0.1, 0.15) is 20.7 Å². The molecule has 0 spiro atoms. The van der Waals surface area contributed by atoms with Crippen LogP contribution in [-0.2, 0) is 0 Å². The van der Waals surface area contributed by atoms with Crippen LogP contribution in [0.5, 0.6) is 0 Å². The summed E-state index contributed by atoms with van der Waals surface area (Å²) in [4.78, 5) is 40.5. The van der Waals surface area contributed by atoms with Gasteiger partial charge in [-0.2, -0.15) is 0 Å². The highest BCUT2D eigenvalue weighted by molar-refractivity contribution is 6.33. The maximum atomic E-state index is 12.5. The summed E-state index contributed by atoms with van der Waals surface area (Å²) >= 11 is 24.2. The van der Waals surface area contributed by atoms with Crippen molar-refractivity contribution in [3.8, 4) is 22.8 Å². The summed E-state index contributed by atoms with van der Waals surface area (Å²) < 4.78 is 0. The first kappa shape index (κ1) is 34.8. The number of aromatic nitrogens is 4. The van der Waals surface area contributed by atoms with E-state index in [2.05, 4.69) is 30.6 Å². The lowest BCUT2D eigenvalue weighted by atomic mass is 10.2. The molecule has 0 radical (unpaired) electrons. The average Bonchev–Trinajstić information content (AvgIpc) is 3.76. The second-order valence-electron chi connectivity index (χ2n) is 11.6. The number of rotatable bonds is 6. The normalized spacial score (nSPS) is 10.8. The Kier molecular flexibility index (Phi) is 10.2. The van der Waals surface area contributed by atoms with Gasteiger partial charge in [0, 0.05) is 48.7 Å². The van der Waals surface area contributed by atoms with Crippen molar-refractivity contribution in [1.82, 2.24) is 19.9 Å². The van der Waals surface area contributed by atoms with Crippen molar-refractivity contribution in [3.63, 3.8) is 0 Å². The number of nitrogens with zero attached hydrogens (tertiary/aromatic N) is 2. The molecule has 0 atom stereocenters. The Morgan fingerprint density at radius 1 is 0.500 bits per heavy atom. The summed E-state index contributed by atoms with van der Waals surface area (Å²) in [6.07, 6.45) is 0. The first-order valence-corrected chi connectivity index (χ1v) is 17.3. The van der Waals surface area contributed by atoms with Gasteiger partial charge in [-0.05, 0) is 97.1 Å². The molecule has 0 fully saturated rings. The van der Waals surface area contributed by atoms with Crippen LogP contribution in [0.2, 0.25) is 20.1 Å². The number of carbonyl (C=O) groups excluding carboxylic acids is 2. The highest BCUT2D eigenvalue weighted by Gasteiger charge is 2.13. The van der Waals surface area contributed by atoms with Crippen LogP contribution in [-0.4, -0.2) is 31.8 Å². The minimum atomic E-state index is -0.219. The number of nitrogens with one attached hydrogen (secondary N) is 4. The fraction of sp³-hybridized carbons (Fsp3) is 0. The molecule has 12 heteroatoms. The number of fused-ring (bicyclic) bond motifs is 2. The van der Waals surface area contributed by atoms with E-state index in [1.165, 1.54) is 0 Å². The van der Waals surface area contributed by atoms with Crippen LogP contribution in [0.4, 0.5) is 11.4 Å². The number of halogens is 4. The number of imidazole rings is 2. The highest BCUT2D eigenvalue weighted by Crippen LogP contribution is 2.28.